The number of likely N-dealkylation sites (tertiary alicyclic amines) is 1. The molecular weight excluding hydrogens is 369 g/mol. The molecule has 3 rings (SSSR count). The Balaban J connectivity index is 1.50. The van der Waals surface area contributed by atoms with Gasteiger partial charge in [-0.25, -0.2) is 0 Å². The lowest BCUT2D eigenvalue weighted by Crippen LogP contribution is -2.42. The molecule has 7 heteroatoms. The third-order valence-corrected chi connectivity index (χ3v) is 5.18. The maximum Gasteiger partial charge on any atom is 0.416 e. The Hall–Kier alpha value is -2.28. The van der Waals surface area contributed by atoms with Crippen molar-refractivity contribution < 1.29 is 22.4 Å². The van der Waals surface area contributed by atoms with Gasteiger partial charge in [-0.05, 0) is 55.5 Å². The van der Waals surface area contributed by atoms with Crippen molar-refractivity contribution in [2.24, 2.45) is 5.92 Å². The Morgan fingerprint density at radius 2 is 2.11 bits per heavy atom. The highest BCUT2D eigenvalue weighted by atomic mass is 19.4. The van der Waals surface area contributed by atoms with Crippen LogP contribution >= 0.6 is 0 Å². The lowest BCUT2D eigenvalue weighted by Gasteiger charge is -2.34. The normalized spacial score (nSPS) is 18.2. The summed E-state index contributed by atoms with van der Waals surface area (Å²) in [6.07, 6.45) is -0.182. The largest absolute Gasteiger partial charge is 0.459 e. The second kappa shape index (κ2) is 8.82. The molecule has 1 saturated heterocycles. The van der Waals surface area contributed by atoms with E-state index in [1.807, 2.05) is 0 Å². The van der Waals surface area contributed by atoms with E-state index in [2.05, 4.69) is 4.90 Å². The predicted octanol–water partition coefficient (Wildman–Crippen LogP) is 4.33. The number of furan rings is 1. The van der Waals surface area contributed by atoms with Crippen molar-refractivity contribution in [3.8, 4) is 0 Å². The number of benzene rings is 1. The van der Waals surface area contributed by atoms with Gasteiger partial charge in [-0.1, -0.05) is 18.2 Å². The summed E-state index contributed by atoms with van der Waals surface area (Å²) < 4.78 is 43.7. The minimum Gasteiger partial charge on any atom is -0.459 e. The van der Waals surface area contributed by atoms with E-state index in [0.717, 1.165) is 32.0 Å². The van der Waals surface area contributed by atoms with Crippen LogP contribution in [0.25, 0.3) is 0 Å². The van der Waals surface area contributed by atoms with Crippen LogP contribution in [0.4, 0.5) is 13.2 Å². The number of alkyl halides is 3. The second-order valence-corrected chi connectivity index (χ2v) is 7.42. The first-order chi connectivity index (χ1) is 13.3. The molecule has 4 nitrogen and oxygen atoms in total. The maximum absolute atomic E-state index is 12.9. The van der Waals surface area contributed by atoms with Gasteiger partial charge in [-0.15, -0.1) is 0 Å². The quantitative estimate of drug-likeness (QED) is 0.732. The van der Waals surface area contributed by atoms with Crippen LogP contribution in [0, 0.1) is 5.92 Å². The molecule has 1 aromatic carbocycles. The fourth-order valence-corrected chi connectivity index (χ4v) is 3.75. The molecule has 2 heterocycles. The zero-order chi connectivity index (χ0) is 20.1. The van der Waals surface area contributed by atoms with E-state index in [1.54, 1.807) is 30.1 Å². The number of nitrogens with zero attached hydrogens (tertiary/aromatic N) is 2. The van der Waals surface area contributed by atoms with E-state index in [-0.39, 0.29) is 5.91 Å². The molecule has 0 bridgehead atoms. The molecule has 0 saturated carbocycles. The zero-order valence-corrected chi connectivity index (χ0v) is 15.9. The first-order valence-corrected chi connectivity index (χ1v) is 9.50. The van der Waals surface area contributed by atoms with Crippen LogP contribution in [0.15, 0.2) is 47.1 Å². The van der Waals surface area contributed by atoms with Crippen molar-refractivity contribution in [3.63, 3.8) is 0 Å². The lowest BCUT2D eigenvalue weighted by molar-refractivity contribution is -0.137. The summed E-state index contributed by atoms with van der Waals surface area (Å²) in [5.41, 5.74) is 0.0987. The molecular formula is C21H25F3N2O2. The standard InChI is InChI=1S/C21H25F3N2O2/c1-25(20(27)19-8-4-12-28-19)14-17-6-3-10-26(15-17)11-9-16-5-2-7-18(13-16)21(22,23)24/h2,4-5,7-8,12-13,17H,3,6,9-11,14-15H2,1H3/t17-/m1/s1. The summed E-state index contributed by atoms with van der Waals surface area (Å²) in [5.74, 6) is 0.546. The third kappa shape index (κ3) is 5.38. The number of piperidine rings is 1. The number of amides is 1. The van der Waals surface area contributed by atoms with Gasteiger partial charge in [0.25, 0.3) is 5.91 Å². The third-order valence-electron chi connectivity index (χ3n) is 5.18. The van der Waals surface area contributed by atoms with E-state index in [0.29, 0.717) is 36.8 Å². The summed E-state index contributed by atoms with van der Waals surface area (Å²) in [5, 5.41) is 0. The van der Waals surface area contributed by atoms with Gasteiger partial charge >= 0.3 is 6.18 Å². The molecule has 0 radical (unpaired) electrons. The monoisotopic (exact) mass is 394 g/mol. The van der Waals surface area contributed by atoms with E-state index in [1.165, 1.54) is 18.4 Å². The number of rotatable bonds is 6. The molecule has 1 amide bonds. The lowest BCUT2D eigenvalue weighted by atomic mass is 9.97. The van der Waals surface area contributed by atoms with Gasteiger partial charge in [-0.3, -0.25) is 4.79 Å². The Bertz CT molecular complexity index is 774. The van der Waals surface area contributed by atoms with Crippen LogP contribution in [-0.2, 0) is 12.6 Å². The van der Waals surface area contributed by atoms with Crippen molar-refractivity contribution in [1.82, 2.24) is 9.80 Å². The van der Waals surface area contributed by atoms with Crippen molar-refractivity contribution in [1.29, 1.82) is 0 Å². The average molecular weight is 394 g/mol. The summed E-state index contributed by atoms with van der Waals surface area (Å²) in [6.45, 7) is 3.13. The molecule has 0 N–H and O–H groups in total. The first kappa shape index (κ1) is 20.5. The molecule has 0 unspecified atom stereocenters. The molecule has 1 aromatic heterocycles. The molecule has 1 atom stereocenters. The fourth-order valence-electron chi connectivity index (χ4n) is 3.75. The summed E-state index contributed by atoms with van der Waals surface area (Å²) >= 11 is 0. The van der Waals surface area contributed by atoms with Crippen LogP contribution < -0.4 is 0 Å². The minimum absolute atomic E-state index is 0.133. The van der Waals surface area contributed by atoms with Crippen LogP contribution in [0.3, 0.4) is 0 Å². The zero-order valence-electron chi connectivity index (χ0n) is 15.9. The predicted molar refractivity (Wildman–Crippen MR) is 100.0 cm³/mol. The highest BCUT2D eigenvalue weighted by Crippen LogP contribution is 2.29. The summed E-state index contributed by atoms with van der Waals surface area (Å²) in [4.78, 5) is 16.3. The van der Waals surface area contributed by atoms with Crippen molar-refractivity contribution >= 4 is 5.91 Å². The molecule has 0 aliphatic carbocycles. The van der Waals surface area contributed by atoms with E-state index in [9.17, 15) is 18.0 Å². The maximum atomic E-state index is 12.9. The summed E-state index contributed by atoms with van der Waals surface area (Å²) in [6, 6.07) is 8.89. The second-order valence-electron chi connectivity index (χ2n) is 7.42. The van der Waals surface area contributed by atoms with Gasteiger partial charge in [0.1, 0.15) is 0 Å². The Morgan fingerprint density at radius 1 is 1.29 bits per heavy atom. The van der Waals surface area contributed by atoms with Gasteiger partial charge in [0.05, 0.1) is 11.8 Å². The highest BCUT2D eigenvalue weighted by Gasteiger charge is 2.30. The minimum atomic E-state index is -4.31. The molecule has 2 aromatic rings. The molecule has 28 heavy (non-hydrogen) atoms. The SMILES string of the molecule is CN(C[C@H]1CCCN(CCc2cccc(C(F)(F)F)c2)C1)C(=O)c1ccco1. The topological polar surface area (TPSA) is 36.7 Å². The van der Waals surface area contributed by atoms with Crippen LogP contribution in [0.5, 0.6) is 0 Å². The number of hydrogen-bond acceptors (Lipinski definition) is 3. The first-order valence-electron chi connectivity index (χ1n) is 9.50. The van der Waals surface area contributed by atoms with Crippen molar-refractivity contribution in [3.05, 3.63) is 59.5 Å². The van der Waals surface area contributed by atoms with Crippen LogP contribution in [0.1, 0.15) is 34.5 Å². The Morgan fingerprint density at radius 3 is 2.82 bits per heavy atom. The van der Waals surface area contributed by atoms with E-state index >= 15 is 0 Å². The molecule has 1 aliphatic rings. The van der Waals surface area contributed by atoms with Crippen LogP contribution in [0.2, 0.25) is 0 Å². The Labute approximate surface area is 162 Å². The van der Waals surface area contributed by atoms with Gasteiger partial charge in [0, 0.05) is 26.7 Å². The smallest absolute Gasteiger partial charge is 0.416 e. The van der Waals surface area contributed by atoms with Gasteiger partial charge in [0.15, 0.2) is 5.76 Å². The van der Waals surface area contributed by atoms with Crippen molar-refractivity contribution in [2.45, 2.75) is 25.4 Å². The molecule has 1 aliphatic heterocycles. The van der Waals surface area contributed by atoms with E-state index in [4.69, 9.17) is 4.42 Å². The fraction of sp³-hybridized carbons (Fsp3) is 0.476. The molecule has 152 valence electrons. The van der Waals surface area contributed by atoms with Crippen LogP contribution in [-0.4, -0.2) is 48.9 Å². The number of carbonyl (C=O) groups excluding carboxylic acids is 1. The van der Waals surface area contributed by atoms with Gasteiger partial charge < -0.3 is 14.2 Å². The van der Waals surface area contributed by atoms with Gasteiger partial charge in [0.2, 0.25) is 0 Å². The summed E-state index contributed by atoms with van der Waals surface area (Å²) in [7, 11) is 1.77. The highest BCUT2D eigenvalue weighted by molar-refractivity contribution is 5.91. The number of carbonyl (C=O) groups is 1. The molecule has 0 spiro atoms. The molecule has 1 fully saturated rings. The number of hydrogen-bond donors (Lipinski definition) is 0. The van der Waals surface area contributed by atoms with E-state index < -0.39 is 11.7 Å². The van der Waals surface area contributed by atoms with Crippen molar-refractivity contribution in [2.75, 3.05) is 33.2 Å². The average Bonchev–Trinajstić information content (AvgIpc) is 3.20. The Kier molecular flexibility index (Phi) is 6.44. The number of halogens is 3. The van der Waals surface area contributed by atoms with Gasteiger partial charge in [-0.2, -0.15) is 13.2 Å².